The summed E-state index contributed by atoms with van der Waals surface area (Å²) in [5.41, 5.74) is 1.74. The van der Waals surface area contributed by atoms with Crippen molar-refractivity contribution in [3.05, 3.63) is 18.0 Å². The summed E-state index contributed by atoms with van der Waals surface area (Å²) in [6, 6.07) is 1.77. The van der Waals surface area contributed by atoms with E-state index in [1.807, 2.05) is 0 Å². The predicted molar refractivity (Wildman–Crippen MR) is 37.6 cm³/mol. The number of halogens is 1. The van der Waals surface area contributed by atoms with Crippen LogP contribution in [0.5, 0.6) is 0 Å². The Morgan fingerprint density at radius 3 is 3.30 bits per heavy atom. The average Bonchev–Trinajstić information content (AvgIpc) is 2.36. The van der Waals surface area contributed by atoms with Crippen molar-refractivity contribution in [3.8, 4) is 0 Å². The molecule has 10 heavy (non-hydrogen) atoms. The second kappa shape index (κ2) is 2.01. The highest BCUT2D eigenvalue weighted by atomic mass is 19.2. The van der Waals surface area contributed by atoms with Gasteiger partial charge in [-0.2, -0.15) is 0 Å². The fourth-order valence-electron chi connectivity index (χ4n) is 1.34. The lowest BCUT2D eigenvalue weighted by Gasteiger charge is -2.18. The van der Waals surface area contributed by atoms with Crippen LogP contribution in [0.25, 0.3) is 0 Å². The second-order valence-corrected chi connectivity index (χ2v) is 2.53. The molecule has 1 aromatic rings. The molecule has 2 nitrogen and oxygen atoms in total. The van der Waals surface area contributed by atoms with E-state index in [9.17, 15) is 4.48 Å². The summed E-state index contributed by atoms with van der Waals surface area (Å²) >= 11 is 0. The van der Waals surface area contributed by atoms with Gasteiger partial charge in [-0.1, -0.05) is 4.48 Å². The van der Waals surface area contributed by atoms with Gasteiger partial charge in [-0.15, -0.1) is 0 Å². The Morgan fingerprint density at radius 2 is 2.50 bits per heavy atom. The third-order valence-corrected chi connectivity index (χ3v) is 1.85. The fourth-order valence-corrected chi connectivity index (χ4v) is 1.34. The van der Waals surface area contributed by atoms with E-state index >= 15 is 0 Å². The monoisotopic (exact) mass is 140 g/mol. The van der Waals surface area contributed by atoms with Gasteiger partial charge in [0.2, 0.25) is 0 Å². The van der Waals surface area contributed by atoms with Crippen LogP contribution in [0.2, 0.25) is 0 Å². The molecule has 54 valence electrons. The first-order chi connectivity index (χ1) is 4.88. The molecule has 1 N–H and O–H groups in total. The van der Waals surface area contributed by atoms with E-state index < -0.39 is 0 Å². The zero-order valence-electron chi connectivity index (χ0n) is 5.60. The molecule has 0 saturated heterocycles. The molecule has 0 atom stereocenters. The highest BCUT2D eigenvalue weighted by Gasteiger charge is 2.16. The normalized spacial score (nSPS) is 17.1. The highest BCUT2D eigenvalue weighted by Crippen LogP contribution is 2.25. The zero-order chi connectivity index (χ0) is 6.97. The third-order valence-electron chi connectivity index (χ3n) is 1.85. The van der Waals surface area contributed by atoms with Gasteiger partial charge in [-0.05, 0) is 18.9 Å². The lowest BCUT2D eigenvalue weighted by atomic mass is 10.1. The lowest BCUT2D eigenvalue weighted by molar-refractivity contribution is 0.414. The molecular weight excluding hydrogens is 131 g/mol. The van der Waals surface area contributed by atoms with Crippen LogP contribution in [-0.4, -0.2) is 11.5 Å². The molecule has 2 heterocycles. The maximum Gasteiger partial charge on any atom is 0.0894 e. The summed E-state index contributed by atoms with van der Waals surface area (Å²) < 4.78 is 12.8. The van der Waals surface area contributed by atoms with E-state index in [-0.39, 0.29) is 0 Å². The van der Waals surface area contributed by atoms with Gasteiger partial charge in [-0.3, -0.25) is 0 Å². The number of hydrogen-bond donors (Lipinski definition) is 1. The molecular formula is C7H9FN2. The molecule has 0 aliphatic carbocycles. The van der Waals surface area contributed by atoms with E-state index in [0.29, 0.717) is 12.2 Å². The average molecular weight is 140 g/mol. The molecule has 2 rings (SSSR count). The minimum absolute atomic E-state index is 0.533. The molecule has 0 saturated carbocycles. The summed E-state index contributed by atoms with van der Waals surface area (Å²) in [6.07, 6.45) is 3.66. The van der Waals surface area contributed by atoms with Crippen molar-refractivity contribution < 1.29 is 4.48 Å². The number of hydrogen-bond acceptors (Lipinski definition) is 1. The van der Waals surface area contributed by atoms with Crippen LogP contribution >= 0.6 is 0 Å². The van der Waals surface area contributed by atoms with Crippen molar-refractivity contribution in [1.29, 1.82) is 0 Å². The van der Waals surface area contributed by atoms with Gasteiger partial charge in [0.15, 0.2) is 0 Å². The molecule has 0 aromatic carbocycles. The molecule has 0 fully saturated rings. The molecule has 0 amide bonds. The van der Waals surface area contributed by atoms with Crippen molar-refractivity contribution in [2.75, 3.05) is 11.7 Å². The topological polar surface area (TPSA) is 19.0 Å². The minimum atomic E-state index is 0.533. The van der Waals surface area contributed by atoms with Crippen LogP contribution in [0.15, 0.2) is 12.3 Å². The quantitative estimate of drug-likeness (QED) is 0.543. The standard InChI is InChI=1S/C7H9FN2/c8-10-5-1-2-6-7(10)3-4-9-6/h3-4,9H,1-2,5H2. The Hall–Kier alpha value is -0.990. The maximum atomic E-state index is 12.8. The number of rotatable bonds is 0. The Morgan fingerprint density at radius 1 is 1.60 bits per heavy atom. The Kier molecular flexibility index (Phi) is 1.16. The number of aromatic nitrogens is 1. The first-order valence-electron chi connectivity index (χ1n) is 3.47. The molecule has 0 unspecified atom stereocenters. The number of H-pyrrole nitrogens is 1. The van der Waals surface area contributed by atoms with Crippen LogP contribution in [-0.2, 0) is 6.42 Å². The van der Waals surface area contributed by atoms with Gasteiger partial charge in [0.05, 0.1) is 12.2 Å². The SMILES string of the molecule is FN1CCCc2[nH]ccc21. The summed E-state index contributed by atoms with van der Waals surface area (Å²) in [6.45, 7) is 0.533. The predicted octanol–water partition coefficient (Wildman–Crippen LogP) is 1.65. The van der Waals surface area contributed by atoms with E-state index in [0.717, 1.165) is 23.7 Å². The van der Waals surface area contributed by atoms with Crippen molar-refractivity contribution in [2.24, 2.45) is 0 Å². The minimum Gasteiger partial charge on any atom is -0.363 e. The van der Waals surface area contributed by atoms with Gasteiger partial charge < -0.3 is 4.98 Å². The number of fused-ring (bicyclic) bond motifs is 1. The van der Waals surface area contributed by atoms with E-state index in [1.165, 1.54) is 0 Å². The Balaban J connectivity index is 2.41. The number of aryl methyl sites for hydroxylation is 1. The maximum absolute atomic E-state index is 12.8. The number of nitrogens with one attached hydrogen (secondary N) is 1. The summed E-state index contributed by atoms with van der Waals surface area (Å²) in [5.74, 6) is 0. The van der Waals surface area contributed by atoms with Gasteiger partial charge in [0, 0.05) is 11.9 Å². The lowest BCUT2D eigenvalue weighted by Crippen LogP contribution is -2.19. The van der Waals surface area contributed by atoms with E-state index in [1.54, 1.807) is 12.3 Å². The van der Waals surface area contributed by atoms with Gasteiger partial charge >= 0.3 is 0 Å². The molecule has 1 aliphatic rings. The van der Waals surface area contributed by atoms with Crippen LogP contribution in [0, 0.1) is 0 Å². The first kappa shape index (κ1) is 5.77. The Bertz CT molecular complexity index is 231. The van der Waals surface area contributed by atoms with Crippen LogP contribution < -0.4 is 5.12 Å². The summed E-state index contributed by atoms with van der Waals surface area (Å²) in [4.78, 5) is 3.01. The largest absolute Gasteiger partial charge is 0.363 e. The summed E-state index contributed by atoms with van der Waals surface area (Å²) in [7, 11) is 0. The first-order valence-corrected chi connectivity index (χ1v) is 3.47. The second-order valence-electron chi connectivity index (χ2n) is 2.53. The molecule has 0 bridgehead atoms. The Labute approximate surface area is 58.6 Å². The zero-order valence-corrected chi connectivity index (χ0v) is 5.60. The third kappa shape index (κ3) is 0.701. The van der Waals surface area contributed by atoms with Crippen molar-refractivity contribution in [3.63, 3.8) is 0 Å². The van der Waals surface area contributed by atoms with Crippen LogP contribution in [0.3, 0.4) is 0 Å². The fraction of sp³-hybridized carbons (Fsp3) is 0.429. The number of nitrogens with zero attached hydrogens (tertiary/aromatic N) is 1. The van der Waals surface area contributed by atoms with Crippen molar-refractivity contribution in [1.82, 2.24) is 4.98 Å². The van der Waals surface area contributed by atoms with E-state index in [2.05, 4.69) is 4.98 Å². The molecule has 3 heteroatoms. The molecule has 0 spiro atoms. The van der Waals surface area contributed by atoms with E-state index in [4.69, 9.17) is 0 Å². The van der Waals surface area contributed by atoms with Gasteiger partial charge in [-0.25, -0.2) is 5.12 Å². The van der Waals surface area contributed by atoms with Crippen molar-refractivity contribution in [2.45, 2.75) is 12.8 Å². The molecule has 1 aromatic heterocycles. The molecule has 0 radical (unpaired) electrons. The highest BCUT2D eigenvalue weighted by molar-refractivity contribution is 5.50. The van der Waals surface area contributed by atoms with Gasteiger partial charge in [0.25, 0.3) is 0 Å². The number of anilines is 1. The number of aromatic amines is 1. The molecule has 1 aliphatic heterocycles. The summed E-state index contributed by atoms with van der Waals surface area (Å²) in [5, 5.41) is 0.801. The van der Waals surface area contributed by atoms with Crippen LogP contribution in [0.1, 0.15) is 12.1 Å². The van der Waals surface area contributed by atoms with Gasteiger partial charge in [0.1, 0.15) is 0 Å². The van der Waals surface area contributed by atoms with Crippen LogP contribution in [0.4, 0.5) is 10.2 Å². The van der Waals surface area contributed by atoms with Crippen molar-refractivity contribution >= 4 is 5.69 Å². The smallest absolute Gasteiger partial charge is 0.0894 e.